The Morgan fingerprint density at radius 2 is 1.82 bits per heavy atom. The highest BCUT2D eigenvalue weighted by Gasteiger charge is 2.43. The lowest BCUT2D eigenvalue weighted by Gasteiger charge is -2.25. The van der Waals surface area contributed by atoms with Gasteiger partial charge < -0.3 is 14.7 Å². The molecule has 0 spiro atoms. The van der Waals surface area contributed by atoms with Gasteiger partial charge in [0.05, 0.1) is 24.3 Å². The van der Waals surface area contributed by atoms with Crippen molar-refractivity contribution in [2.45, 2.75) is 23.4 Å². The zero-order valence-corrected chi connectivity index (χ0v) is 19.8. The van der Waals surface area contributed by atoms with Gasteiger partial charge in [-0.05, 0) is 36.8 Å². The summed E-state index contributed by atoms with van der Waals surface area (Å²) in [6.45, 7) is -0.296. The van der Waals surface area contributed by atoms with Crippen molar-refractivity contribution in [2.75, 3.05) is 20.2 Å². The smallest absolute Gasteiger partial charge is 0.407 e. The van der Waals surface area contributed by atoms with Crippen molar-refractivity contribution < 1.29 is 32.6 Å². The van der Waals surface area contributed by atoms with Crippen molar-refractivity contribution in [3.05, 3.63) is 58.1 Å². The molecule has 2 heterocycles. The third-order valence-electron chi connectivity index (χ3n) is 5.67. The van der Waals surface area contributed by atoms with Crippen molar-refractivity contribution in [1.29, 1.82) is 0 Å². The number of nitrogens with one attached hydrogen (secondary N) is 1. The van der Waals surface area contributed by atoms with Crippen LogP contribution in [0.1, 0.15) is 27.1 Å². The molecule has 0 aliphatic carbocycles. The molecule has 0 bridgehead atoms. The first-order valence-electron chi connectivity index (χ1n) is 9.93. The molecule has 2 N–H and O–H groups in total. The molecule has 4 rings (SSSR count). The predicted octanol–water partition coefficient (Wildman–Crippen LogP) is 2.15. The molecular weight excluding hydrogens is 518 g/mol. The zero-order chi connectivity index (χ0) is 23.9. The fourth-order valence-corrected chi connectivity index (χ4v) is 6.12. The quantitative estimate of drug-likeness (QED) is 0.539. The largest absolute Gasteiger partial charge is 0.495 e. The molecule has 2 aromatic carbocycles. The van der Waals surface area contributed by atoms with Gasteiger partial charge in [0.25, 0.3) is 11.8 Å². The monoisotopic (exact) mass is 537 g/mol. The maximum atomic E-state index is 13.0. The number of hydrogen-bond acceptors (Lipinski definition) is 6. The summed E-state index contributed by atoms with van der Waals surface area (Å²) >= 11 is 3.24. The second-order valence-electron chi connectivity index (χ2n) is 7.70. The van der Waals surface area contributed by atoms with Crippen LogP contribution in [0.3, 0.4) is 0 Å². The summed E-state index contributed by atoms with van der Waals surface area (Å²) in [5.41, 5.74) is 0.530. The Bertz CT molecular complexity index is 1220. The molecule has 2 aliphatic heterocycles. The highest BCUT2D eigenvalue weighted by molar-refractivity contribution is 9.10. The standard InChI is InChI=1S/C21H20BrN3O7S/c1-32-17-7-6-12(22)8-18(17)33(30,31)23-13-9-14(24(10-13)21(28)29)11-25-19(26)15-4-2-3-5-16(15)20(25)27/h2-8,13-14,23H,9-11H2,1H3,(H,28,29)/t13-,14-/m1/s1. The average molecular weight is 538 g/mol. The molecule has 174 valence electrons. The molecule has 2 aliphatic rings. The maximum Gasteiger partial charge on any atom is 0.407 e. The van der Waals surface area contributed by atoms with E-state index in [4.69, 9.17) is 4.74 Å². The molecule has 33 heavy (non-hydrogen) atoms. The number of benzene rings is 2. The number of imide groups is 1. The molecule has 0 aromatic heterocycles. The zero-order valence-electron chi connectivity index (χ0n) is 17.4. The molecule has 0 unspecified atom stereocenters. The number of sulfonamides is 1. The van der Waals surface area contributed by atoms with Gasteiger partial charge in [-0.3, -0.25) is 14.5 Å². The Kier molecular flexibility index (Phi) is 6.16. The Morgan fingerprint density at radius 3 is 2.39 bits per heavy atom. The second kappa shape index (κ2) is 8.76. The van der Waals surface area contributed by atoms with Crippen LogP contribution in [0.2, 0.25) is 0 Å². The highest BCUT2D eigenvalue weighted by atomic mass is 79.9. The maximum absolute atomic E-state index is 13.0. The van der Waals surface area contributed by atoms with Gasteiger partial charge in [-0.15, -0.1) is 0 Å². The molecule has 0 radical (unpaired) electrons. The van der Waals surface area contributed by atoms with Crippen LogP contribution in [0.4, 0.5) is 4.79 Å². The minimum atomic E-state index is -4.05. The van der Waals surface area contributed by atoms with Crippen molar-refractivity contribution in [3.63, 3.8) is 0 Å². The summed E-state index contributed by atoms with van der Waals surface area (Å²) in [4.78, 5) is 39.2. The van der Waals surface area contributed by atoms with E-state index in [1.54, 1.807) is 30.3 Å². The van der Waals surface area contributed by atoms with Crippen molar-refractivity contribution in [2.24, 2.45) is 0 Å². The number of fused-ring (bicyclic) bond motifs is 1. The van der Waals surface area contributed by atoms with Crippen molar-refractivity contribution >= 4 is 43.9 Å². The van der Waals surface area contributed by atoms with Gasteiger partial charge in [0.1, 0.15) is 10.6 Å². The summed E-state index contributed by atoms with van der Waals surface area (Å²) < 4.78 is 34.2. The first kappa shape index (κ1) is 23.2. The Hall–Kier alpha value is -2.96. The van der Waals surface area contributed by atoms with Gasteiger partial charge in [-0.1, -0.05) is 28.1 Å². The molecule has 3 amide bonds. The minimum absolute atomic E-state index is 0.0925. The molecule has 2 atom stereocenters. The Balaban J connectivity index is 1.53. The lowest BCUT2D eigenvalue weighted by molar-refractivity contribution is 0.0603. The third kappa shape index (κ3) is 4.33. The van der Waals surface area contributed by atoms with Crippen LogP contribution in [0.25, 0.3) is 0 Å². The van der Waals surface area contributed by atoms with Crippen molar-refractivity contribution in [3.8, 4) is 5.75 Å². The molecule has 10 nitrogen and oxygen atoms in total. The Morgan fingerprint density at radius 1 is 1.18 bits per heavy atom. The number of carboxylic acid groups (broad SMARTS) is 1. The van der Waals surface area contributed by atoms with Crippen LogP contribution in [0, 0.1) is 0 Å². The van der Waals surface area contributed by atoms with E-state index in [0.29, 0.717) is 4.47 Å². The van der Waals surface area contributed by atoms with Crippen LogP contribution in [0.15, 0.2) is 51.8 Å². The van der Waals surface area contributed by atoms with Crippen molar-refractivity contribution in [1.82, 2.24) is 14.5 Å². The van der Waals surface area contributed by atoms with Gasteiger partial charge in [-0.2, -0.15) is 0 Å². The lowest BCUT2D eigenvalue weighted by Crippen LogP contribution is -2.44. The summed E-state index contributed by atoms with van der Waals surface area (Å²) in [5.74, 6) is -0.853. The highest BCUT2D eigenvalue weighted by Crippen LogP contribution is 2.30. The number of halogens is 1. The number of nitrogens with zero attached hydrogens (tertiary/aromatic N) is 2. The van der Waals surface area contributed by atoms with Crippen LogP contribution < -0.4 is 9.46 Å². The molecule has 0 saturated carbocycles. The van der Waals surface area contributed by atoms with Gasteiger partial charge in [0.2, 0.25) is 10.0 Å². The van der Waals surface area contributed by atoms with E-state index >= 15 is 0 Å². The number of carbonyl (C=O) groups excluding carboxylic acids is 2. The molecule has 1 saturated heterocycles. The van der Waals surface area contributed by atoms with Gasteiger partial charge in [0, 0.05) is 23.6 Å². The van der Waals surface area contributed by atoms with Gasteiger partial charge in [0.15, 0.2) is 0 Å². The average Bonchev–Trinajstić information content (AvgIpc) is 3.28. The normalized spacial score (nSPS) is 20.3. The predicted molar refractivity (Wildman–Crippen MR) is 120 cm³/mol. The SMILES string of the molecule is COc1ccc(Br)cc1S(=O)(=O)N[C@@H]1C[C@H](CN2C(=O)c3ccccc3C2=O)N(C(=O)O)C1. The van der Waals surface area contributed by atoms with Gasteiger partial charge >= 0.3 is 6.09 Å². The summed E-state index contributed by atoms with van der Waals surface area (Å²) in [6.07, 6.45) is -1.17. The first-order chi connectivity index (χ1) is 15.6. The van der Waals surface area contributed by atoms with Crippen LogP contribution in [-0.2, 0) is 10.0 Å². The number of ether oxygens (including phenoxy) is 1. The molecular formula is C21H20BrN3O7S. The fraction of sp³-hybridized carbons (Fsp3) is 0.286. The van der Waals surface area contributed by atoms with Crippen LogP contribution in [-0.4, -0.2) is 73.5 Å². The molecule has 2 aromatic rings. The number of hydrogen-bond donors (Lipinski definition) is 2. The second-order valence-corrected chi connectivity index (χ2v) is 10.3. The van der Waals surface area contributed by atoms with E-state index in [1.165, 1.54) is 19.2 Å². The molecule has 1 fully saturated rings. The van der Waals surface area contributed by atoms with E-state index < -0.39 is 40.0 Å². The van der Waals surface area contributed by atoms with E-state index in [9.17, 15) is 27.9 Å². The van der Waals surface area contributed by atoms with E-state index in [0.717, 1.165) is 9.80 Å². The summed E-state index contributed by atoms with van der Waals surface area (Å²) in [6, 6.07) is 9.39. The minimum Gasteiger partial charge on any atom is -0.495 e. The first-order valence-corrected chi connectivity index (χ1v) is 12.2. The van der Waals surface area contributed by atoms with Crippen LogP contribution in [0.5, 0.6) is 5.75 Å². The topological polar surface area (TPSA) is 133 Å². The van der Waals surface area contributed by atoms with Crippen LogP contribution >= 0.6 is 15.9 Å². The number of methoxy groups -OCH3 is 1. The van der Waals surface area contributed by atoms with E-state index in [2.05, 4.69) is 20.7 Å². The fourth-order valence-electron chi connectivity index (χ4n) is 4.17. The van der Waals surface area contributed by atoms with Gasteiger partial charge in [-0.25, -0.2) is 17.9 Å². The summed E-state index contributed by atoms with van der Waals surface area (Å²) in [7, 11) is -2.70. The number of likely N-dealkylation sites (tertiary alicyclic amines) is 1. The lowest BCUT2D eigenvalue weighted by atomic mass is 10.1. The summed E-state index contributed by atoms with van der Waals surface area (Å²) in [5, 5.41) is 9.65. The van der Waals surface area contributed by atoms with E-state index in [1.807, 2.05) is 0 Å². The number of carbonyl (C=O) groups is 3. The third-order valence-corrected chi connectivity index (χ3v) is 7.70. The number of amides is 3. The molecule has 12 heteroatoms. The Labute approximate surface area is 198 Å². The number of rotatable bonds is 6. The van der Waals surface area contributed by atoms with E-state index in [-0.39, 0.29) is 41.3 Å².